The molecule has 1 N–H and O–H groups in total. The van der Waals surface area contributed by atoms with E-state index < -0.39 is 0 Å². The van der Waals surface area contributed by atoms with Crippen LogP contribution < -0.4 is 5.32 Å². The maximum absolute atomic E-state index is 5.95. The molecule has 0 bridgehead atoms. The summed E-state index contributed by atoms with van der Waals surface area (Å²) in [6.07, 6.45) is 3.60. The number of furan rings is 1. The Morgan fingerprint density at radius 3 is 2.50 bits per heavy atom. The second-order valence-corrected chi connectivity index (χ2v) is 4.95. The highest BCUT2D eigenvalue weighted by Gasteiger charge is 2.18. The predicted molar refractivity (Wildman–Crippen MR) is 76.7 cm³/mol. The molecule has 1 unspecified atom stereocenters. The summed E-state index contributed by atoms with van der Waals surface area (Å²) in [6, 6.07) is 10.7. The topological polar surface area (TPSA) is 25.2 Å². The standard InChI is InChI=1S/C16H23NO/c1-4-12(5-2)10-14(17-3)16-11-13-8-6-7-9-15(13)18-16/h6-9,11-12,14,17H,4-5,10H2,1-3H3. The van der Waals surface area contributed by atoms with Crippen LogP contribution in [0.3, 0.4) is 0 Å². The summed E-state index contributed by atoms with van der Waals surface area (Å²) >= 11 is 0. The monoisotopic (exact) mass is 245 g/mol. The fourth-order valence-electron chi connectivity index (χ4n) is 2.51. The van der Waals surface area contributed by atoms with Gasteiger partial charge in [0.1, 0.15) is 11.3 Å². The van der Waals surface area contributed by atoms with Crippen LogP contribution >= 0.6 is 0 Å². The van der Waals surface area contributed by atoms with Crippen molar-refractivity contribution in [1.29, 1.82) is 0 Å². The molecule has 1 atom stereocenters. The third-order valence-corrected chi connectivity index (χ3v) is 3.86. The molecule has 0 saturated carbocycles. The number of rotatable bonds is 6. The van der Waals surface area contributed by atoms with Gasteiger partial charge in [-0.2, -0.15) is 0 Å². The average Bonchev–Trinajstić information content (AvgIpc) is 2.84. The third kappa shape index (κ3) is 2.75. The summed E-state index contributed by atoms with van der Waals surface area (Å²) in [5.41, 5.74) is 0.984. The first-order chi connectivity index (χ1) is 8.78. The zero-order valence-corrected chi connectivity index (χ0v) is 11.6. The highest BCUT2D eigenvalue weighted by atomic mass is 16.3. The van der Waals surface area contributed by atoms with Crippen LogP contribution in [0.5, 0.6) is 0 Å². The third-order valence-electron chi connectivity index (χ3n) is 3.86. The molecule has 0 fully saturated rings. The number of hydrogen-bond donors (Lipinski definition) is 1. The molecule has 0 saturated heterocycles. The molecular formula is C16H23NO. The van der Waals surface area contributed by atoms with Crippen molar-refractivity contribution in [2.45, 2.75) is 39.2 Å². The van der Waals surface area contributed by atoms with Crippen molar-refractivity contribution in [3.63, 3.8) is 0 Å². The van der Waals surface area contributed by atoms with E-state index in [0.717, 1.165) is 23.7 Å². The van der Waals surface area contributed by atoms with Gasteiger partial charge in [-0.05, 0) is 31.5 Å². The van der Waals surface area contributed by atoms with Gasteiger partial charge in [-0.3, -0.25) is 0 Å². The van der Waals surface area contributed by atoms with Crippen LogP contribution in [-0.4, -0.2) is 7.05 Å². The Morgan fingerprint density at radius 2 is 1.89 bits per heavy atom. The molecule has 0 radical (unpaired) electrons. The van der Waals surface area contributed by atoms with Gasteiger partial charge in [-0.15, -0.1) is 0 Å². The zero-order chi connectivity index (χ0) is 13.0. The lowest BCUT2D eigenvalue weighted by molar-refractivity contribution is 0.348. The fraction of sp³-hybridized carbons (Fsp3) is 0.500. The Labute approximate surface area is 109 Å². The van der Waals surface area contributed by atoms with Gasteiger partial charge in [0.05, 0.1) is 6.04 Å². The van der Waals surface area contributed by atoms with Crippen molar-refractivity contribution >= 4 is 11.0 Å². The number of nitrogens with one attached hydrogen (secondary N) is 1. The van der Waals surface area contributed by atoms with Gasteiger partial charge >= 0.3 is 0 Å². The molecule has 1 aromatic heterocycles. The Morgan fingerprint density at radius 1 is 1.17 bits per heavy atom. The van der Waals surface area contributed by atoms with Crippen molar-refractivity contribution in [3.8, 4) is 0 Å². The van der Waals surface area contributed by atoms with E-state index in [-0.39, 0.29) is 0 Å². The molecule has 98 valence electrons. The molecule has 0 aliphatic carbocycles. The summed E-state index contributed by atoms with van der Waals surface area (Å²) in [7, 11) is 2.01. The first-order valence-corrected chi connectivity index (χ1v) is 6.94. The van der Waals surface area contributed by atoms with E-state index in [1.54, 1.807) is 0 Å². The van der Waals surface area contributed by atoms with Gasteiger partial charge in [-0.25, -0.2) is 0 Å². The largest absolute Gasteiger partial charge is 0.459 e. The molecule has 0 aliphatic rings. The van der Waals surface area contributed by atoms with Gasteiger partial charge < -0.3 is 9.73 Å². The van der Waals surface area contributed by atoms with E-state index in [0.29, 0.717) is 6.04 Å². The van der Waals surface area contributed by atoms with Crippen molar-refractivity contribution in [3.05, 3.63) is 36.1 Å². The van der Waals surface area contributed by atoms with Crippen LogP contribution in [0, 0.1) is 5.92 Å². The molecule has 2 rings (SSSR count). The maximum Gasteiger partial charge on any atom is 0.134 e. The first kappa shape index (κ1) is 13.2. The van der Waals surface area contributed by atoms with E-state index in [9.17, 15) is 0 Å². The smallest absolute Gasteiger partial charge is 0.134 e. The normalized spacial score (nSPS) is 13.3. The van der Waals surface area contributed by atoms with Gasteiger partial charge in [0.25, 0.3) is 0 Å². The summed E-state index contributed by atoms with van der Waals surface area (Å²) in [5.74, 6) is 1.82. The fourth-order valence-corrected chi connectivity index (χ4v) is 2.51. The Balaban J connectivity index is 2.21. The molecule has 0 spiro atoms. The Kier molecular flexibility index (Phi) is 4.43. The minimum absolute atomic E-state index is 0.322. The van der Waals surface area contributed by atoms with Crippen LogP contribution in [0.25, 0.3) is 11.0 Å². The van der Waals surface area contributed by atoms with E-state index in [1.165, 1.54) is 18.2 Å². The molecule has 18 heavy (non-hydrogen) atoms. The Bertz CT molecular complexity index is 452. The molecule has 2 heteroatoms. The first-order valence-electron chi connectivity index (χ1n) is 6.94. The van der Waals surface area contributed by atoms with Crippen LogP contribution in [0.2, 0.25) is 0 Å². The van der Waals surface area contributed by atoms with Crippen LogP contribution in [0.4, 0.5) is 0 Å². The zero-order valence-electron chi connectivity index (χ0n) is 11.6. The molecule has 2 aromatic rings. The molecule has 0 amide bonds. The van der Waals surface area contributed by atoms with Gasteiger partial charge in [0.15, 0.2) is 0 Å². The Hall–Kier alpha value is -1.28. The van der Waals surface area contributed by atoms with Crippen LogP contribution in [0.1, 0.15) is 44.9 Å². The average molecular weight is 245 g/mol. The van der Waals surface area contributed by atoms with E-state index in [2.05, 4.69) is 37.4 Å². The van der Waals surface area contributed by atoms with E-state index in [1.807, 2.05) is 19.2 Å². The number of benzene rings is 1. The quantitative estimate of drug-likeness (QED) is 0.809. The minimum Gasteiger partial charge on any atom is -0.459 e. The second kappa shape index (κ2) is 6.05. The number of fused-ring (bicyclic) bond motifs is 1. The van der Waals surface area contributed by atoms with Crippen molar-refractivity contribution in [2.24, 2.45) is 5.92 Å². The summed E-state index contributed by atoms with van der Waals surface area (Å²) < 4.78 is 5.95. The summed E-state index contributed by atoms with van der Waals surface area (Å²) in [5, 5.41) is 4.58. The molecular weight excluding hydrogens is 222 g/mol. The lowest BCUT2D eigenvalue weighted by Crippen LogP contribution is -2.19. The molecule has 0 aliphatic heterocycles. The van der Waals surface area contributed by atoms with Gasteiger partial charge in [-0.1, -0.05) is 44.9 Å². The van der Waals surface area contributed by atoms with Gasteiger partial charge in [0, 0.05) is 5.39 Å². The molecule has 2 nitrogen and oxygen atoms in total. The maximum atomic E-state index is 5.95. The van der Waals surface area contributed by atoms with Gasteiger partial charge in [0.2, 0.25) is 0 Å². The minimum atomic E-state index is 0.322. The van der Waals surface area contributed by atoms with E-state index in [4.69, 9.17) is 4.42 Å². The lowest BCUT2D eigenvalue weighted by atomic mass is 9.94. The highest BCUT2D eigenvalue weighted by molar-refractivity contribution is 5.77. The predicted octanol–water partition coefficient (Wildman–Crippen LogP) is 4.52. The van der Waals surface area contributed by atoms with E-state index >= 15 is 0 Å². The summed E-state index contributed by atoms with van der Waals surface area (Å²) in [4.78, 5) is 0. The number of hydrogen-bond acceptors (Lipinski definition) is 2. The van der Waals surface area contributed by atoms with Crippen molar-refractivity contribution in [2.75, 3.05) is 7.05 Å². The number of para-hydroxylation sites is 1. The lowest BCUT2D eigenvalue weighted by Gasteiger charge is -2.19. The second-order valence-electron chi connectivity index (χ2n) is 4.95. The summed E-state index contributed by atoms with van der Waals surface area (Å²) in [6.45, 7) is 4.53. The van der Waals surface area contributed by atoms with Crippen molar-refractivity contribution < 1.29 is 4.42 Å². The highest BCUT2D eigenvalue weighted by Crippen LogP contribution is 2.29. The molecule has 1 aromatic carbocycles. The van der Waals surface area contributed by atoms with Crippen LogP contribution in [0.15, 0.2) is 34.7 Å². The SMILES string of the molecule is CCC(CC)CC(NC)c1cc2ccccc2o1. The van der Waals surface area contributed by atoms with Crippen molar-refractivity contribution in [1.82, 2.24) is 5.32 Å². The molecule has 1 heterocycles. The van der Waals surface area contributed by atoms with Crippen LogP contribution in [-0.2, 0) is 0 Å².